The molecular formula is C18H28N2O3. The van der Waals surface area contributed by atoms with Crippen molar-refractivity contribution in [3.05, 3.63) is 29.8 Å². The summed E-state index contributed by atoms with van der Waals surface area (Å²) in [7, 11) is 1.68. The summed E-state index contributed by atoms with van der Waals surface area (Å²) in [4.78, 5) is 16.2. The molecule has 1 amide bonds. The molecule has 1 aliphatic heterocycles. The normalized spacial score (nSPS) is 16.3. The zero-order valence-corrected chi connectivity index (χ0v) is 14.7. The van der Waals surface area contributed by atoms with Crippen LogP contribution in [-0.2, 0) is 11.2 Å². The SMILES string of the molecule is COc1ccc(CCN2CCN(C(=O)OC(C)(C)C)CC2)cc1. The molecule has 0 spiro atoms. The second-order valence-electron chi connectivity index (χ2n) is 6.91. The predicted octanol–water partition coefficient (Wildman–Crippen LogP) is 2.79. The fourth-order valence-electron chi connectivity index (χ4n) is 2.56. The van der Waals surface area contributed by atoms with Crippen molar-refractivity contribution >= 4 is 6.09 Å². The topological polar surface area (TPSA) is 42.0 Å². The summed E-state index contributed by atoms with van der Waals surface area (Å²) in [6.07, 6.45) is 0.809. The first-order chi connectivity index (χ1) is 10.9. The first kappa shape index (κ1) is 17.6. The van der Waals surface area contributed by atoms with Crippen LogP contribution in [0.1, 0.15) is 26.3 Å². The Bertz CT molecular complexity index is 500. The highest BCUT2D eigenvalue weighted by Crippen LogP contribution is 2.14. The minimum Gasteiger partial charge on any atom is -0.497 e. The van der Waals surface area contributed by atoms with Gasteiger partial charge in [-0.15, -0.1) is 0 Å². The van der Waals surface area contributed by atoms with Gasteiger partial charge in [0.2, 0.25) is 0 Å². The van der Waals surface area contributed by atoms with Gasteiger partial charge in [-0.1, -0.05) is 12.1 Å². The Kier molecular flexibility index (Phi) is 5.88. The molecule has 0 aliphatic carbocycles. The Hall–Kier alpha value is -1.75. The number of nitrogens with zero attached hydrogens (tertiary/aromatic N) is 2. The summed E-state index contributed by atoms with van der Waals surface area (Å²) < 4.78 is 10.6. The number of amides is 1. The first-order valence-electron chi connectivity index (χ1n) is 8.20. The van der Waals surface area contributed by atoms with E-state index in [1.165, 1.54) is 5.56 Å². The van der Waals surface area contributed by atoms with Crippen molar-refractivity contribution in [3.63, 3.8) is 0 Å². The average Bonchev–Trinajstić information content (AvgIpc) is 2.52. The lowest BCUT2D eigenvalue weighted by atomic mass is 10.1. The maximum Gasteiger partial charge on any atom is 0.410 e. The molecule has 0 unspecified atom stereocenters. The summed E-state index contributed by atoms with van der Waals surface area (Å²) in [5, 5.41) is 0. The Morgan fingerprint density at radius 2 is 1.70 bits per heavy atom. The number of methoxy groups -OCH3 is 1. The molecule has 1 fully saturated rings. The summed E-state index contributed by atoms with van der Waals surface area (Å²) in [6.45, 7) is 9.97. The molecule has 1 aromatic rings. The van der Waals surface area contributed by atoms with E-state index in [2.05, 4.69) is 17.0 Å². The van der Waals surface area contributed by atoms with Crippen molar-refractivity contribution in [3.8, 4) is 5.75 Å². The molecule has 0 atom stereocenters. The van der Waals surface area contributed by atoms with E-state index in [1.807, 2.05) is 32.9 Å². The predicted molar refractivity (Wildman–Crippen MR) is 90.9 cm³/mol. The lowest BCUT2D eigenvalue weighted by Crippen LogP contribution is -2.50. The summed E-state index contributed by atoms with van der Waals surface area (Å²) >= 11 is 0. The lowest BCUT2D eigenvalue weighted by Gasteiger charge is -2.35. The zero-order valence-electron chi connectivity index (χ0n) is 14.7. The molecule has 0 aromatic heterocycles. The van der Waals surface area contributed by atoms with E-state index in [-0.39, 0.29) is 6.09 Å². The molecule has 0 N–H and O–H groups in total. The first-order valence-corrected chi connectivity index (χ1v) is 8.20. The smallest absolute Gasteiger partial charge is 0.410 e. The Labute approximate surface area is 139 Å². The van der Waals surface area contributed by atoms with Crippen LogP contribution in [0.15, 0.2) is 24.3 Å². The Balaban J connectivity index is 1.73. The molecule has 1 saturated heterocycles. The van der Waals surface area contributed by atoms with Gasteiger partial charge in [-0.2, -0.15) is 0 Å². The molecule has 2 rings (SSSR count). The van der Waals surface area contributed by atoms with Gasteiger partial charge in [0.25, 0.3) is 0 Å². The van der Waals surface area contributed by atoms with Crippen LogP contribution in [0.5, 0.6) is 5.75 Å². The van der Waals surface area contributed by atoms with Crippen molar-refractivity contribution < 1.29 is 14.3 Å². The van der Waals surface area contributed by atoms with Gasteiger partial charge in [0, 0.05) is 32.7 Å². The average molecular weight is 320 g/mol. The van der Waals surface area contributed by atoms with Crippen LogP contribution in [0.25, 0.3) is 0 Å². The minimum absolute atomic E-state index is 0.202. The van der Waals surface area contributed by atoms with Crippen LogP contribution >= 0.6 is 0 Å². The number of carbonyl (C=O) groups is 1. The molecular weight excluding hydrogens is 292 g/mol. The van der Waals surface area contributed by atoms with Gasteiger partial charge in [0.1, 0.15) is 11.4 Å². The van der Waals surface area contributed by atoms with Crippen molar-refractivity contribution in [2.24, 2.45) is 0 Å². The van der Waals surface area contributed by atoms with Gasteiger partial charge in [-0.25, -0.2) is 4.79 Å². The Morgan fingerprint density at radius 1 is 1.09 bits per heavy atom. The molecule has 0 bridgehead atoms. The molecule has 5 nitrogen and oxygen atoms in total. The highest BCUT2D eigenvalue weighted by Gasteiger charge is 2.25. The molecule has 1 aliphatic rings. The fourth-order valence-corrected chi connectivity index (χ4v) is 2.56. The molecule has 1 aromatic carbocycles. The maximum atomic E-state index is 12.0. The van der Waals surface area contributed by atoms with Crippen LogP contribution in [-0.4, -0.2) is 61.3 Å². The van der Waals surface area contributed by atoms with Gasteiger partial charge in [-0.3, -0.25) is 4.90 Å². The van der Waals surface area contributed by atoms with E-state index in [9.17, 15) is 4.79 Å². The molecule has 23 heavy (non-hydrogen) atoms. The monoisotopic (exact) mass is 320 g/mol. The van der Waals surface area contributed by atoms with Crippen molar-refractivity contribution in [1.82, 2.24) is 9.80 Å². The third kappa shape index (κ3) is 5.75. The number of hydrogen-bond acceptors (Lipinski definition) is 4. The van der Waals surface area contributed by atoms with Crippen molar-refractivity contribution in [2.75, 3.05) is 39.8 Å². The van der Waals surface area contributed by atoms with Crippen molar-refractivity contribution in [2.45, 2.75) is 32.8 Å². The van der Waals surface area contributed by atoms with E-state index in [4.69, 9.17) is 9.47 Å². The third-order valence-corrected chi connectivity index (χ3v) is 3.90. The maximum absolute atomic E-state index is 12.0. The highest BCUT2D eigenvalue weighted by atomic mass is 16.6. The number of carbonyl (C=O) groups excluding carboxylic acids is 1. The second-order valence-corrected chi connectivity index (χ2v) is 6.91. The number of hydrogen-bond donors (Lipinski definition) is 0. The Morgan fingerprint density at radius 3 is 2.22 bits per heavy atom. The zero-order chi connectivity index (χ0) is 16.9. The third-order valence-electron chi connectivity index (χ3n) is 3.90. The van der Waals surface area contributed by atoms with Crippen LogP contribution < -0.4 is 4.74 Å². The molecule has 0 saturated carbocycles. The van der Waals surface area contributed by atoms with E-state index >= 15 is 0 Å². The number of rotatable bonds is 4. The van der Waals surface area contributed by atoms with Gasteiger partial charge in [-0.05, 0) is 44.9 Å². The second kappa shape index (κ2) is 7.68. The van der Waals surface area contributed by atoms with Crippen LogP contribution in [0.4, 0.5) is 4.79 Å². The van der Waals surface area contributed by atoms with Crippen LogP contribution in [0, 0.1) is 0 Å². The molecule has 128 valence electrons. The van der Waals surface area contributed by atoms with E-state index in [1.54, 1.807) is 12.0 Å². The molecule has 1 heterocycles. The summed E-state index contributed by atoms with van der Waals surface area (Å²) in [5.74, 6) is 0.889. The number of ether oxygens (including phenoxy) is 2. The van der Waals surface area contributed by atoms with E-state index in [0.717, 1.165) is 44.9 Å². The van der Waals surface area contributed by atoms with Gasteiger partial charge >= 0.3 is 6.09 Å². The quantitative estimate of drug-likeness (QED) is 0.855. The van der Waals surface area contributed by atoms with Gasteiger partial charge in [0.05, 0.1) is 7.11 Å². The minimum atomic E-state index is -0.428. The lowest BCUT2D eigenvalue weighted by molar-refractivity contribution is 0.0146. The summed E-state index contributed by atoms with van der Waals surface area (Å²) in [6, 6.07) is 8.21. The van der Waals surface area contributed by atoms with Crippen LogP contribution in [0.2, 0.25) is 0 Å². The van der Waals surface area contributed by atoms with E-state index in [0.29, 0.717) is 0 Å². The number of piperazine rings is 1. The van der Waals surface area contributed by atoms with Gasteiger partial charge < -0.3 is 14.4 Å². The van der Waals surface area contributed by atoms with E-state index < -0.39 is 5.60 Å². The standard InChI is InChI=1S/C18H28N2O3/c1-18(2,3)23-17(21)20-13-11-19(12-14-20)10-9-15-5-7-16(22-4)8-6-15/h5-8H,9-14H2,1-4H3. The van der Waals surface area contributed by atoms with Crippen LogP contribution in [0.3, 0.4) is 0 Å². The van der Waals surface area contributed by atoms with Crippen molar-refractivity contribution in [1.29, 1.82) is 0 Å². The highest BCUT2D eigenvalue weighted by molar-refractivity contribution is 5.68. The summed E-state index contributed by atoms with van der Waals surface area (Å²) in [5.41, 5.74) is 0.878. The molecule has 0 radical (unpaired) electrons. The fraction of sp³-hybridized carbons (Fsp3) is 0.611. The largest absolute Gasteiger partial charge is 0.497 e. The number of benzene rings is 1. The van der Waals surface area contributed by atoms with Gasteiger partial charge in [0.15, 0.2) is 0 Å². The molecule has 5 heteroatoms.